The molecule has 134 valence electrons. The van der Waals surface area contributed by atoms with E-state index in [1.54, 1.807) is 17.2 Å². The fourth-order valence-corrected chi connectivity index (χ4v) is 2.14. The third-order valence-corrected chi connectivity index (χ3v) is 3.58. The van der Waals surface area contributed by atoms with Gasteiger partial charge in [0.25, 0.3) is 0 Å². The van der Waals surface area contributed by atoms with Crippen LogP contribution in [0, 0.1) is 0 Å². The molecule has 0 spiro atoms. The second-order valence-corrected chi connectivity index (χ2v) is 6.04. The number of allylic oxidation sites excluding steroid dienone is 2. The molecule has 0 aromatic carbocycles. The zero-order valence-corrected chi connectivity index (χ0v) is 14.6. The van der Waals surface area contributed by atoms with Crippen molar-refractivity contribution in [2.24, 2.45) is 0 Å². The number of unbranched alkanes of at least 4 members (excludes halogenated alkanes) is 2. The average Bonchev–Trinajstić information content (AvgIpc) is 2.51. The zero-order chi connectivity index (χ0) is 17.5. The number of nitrogens with zero attached hydrogens (tertiary/aromatic N) is 1. The van der Waals surface area contributed by atoms with Crippen molar-refractivity contribution < 1.29 is 28.1 Å². The van der Waals surface area contributed by atoms with Gasteiger partial charge in [-0.25, -0.2) is 9.00 Å². The van der Waals surface area contributed by atoms with Gasteiger partial charge in [-0.3, -0.25) is 4.18 Å². The minimum Gasteiger partial charge on any atom is -0.462 e. The highest BCUT2D eigenvalue weighted by Gasteiger charge is 2.18. The van der Waals surface area contributed by atoms with E-state index in [2.05, 4.69) is 0 Å². The Morgan fingerprint density at radius 3 is 2.26 bits per heavy atom. The molecule has 0 aliphatic rings. The maximum Gasteiger partial charge on any atom is 0.349 e. The van der Waals surface area contributed by atoms with E-state index in [1.165, 1.54) is 6.08 Å². The molecule has 0 aromatic heterocycles. The van der Waals surface area contributed by atoms with Crippen molar-refractivity contribution in [2.45, 2.75) is 25.7 Å². The minimum absolute atomic E-state index is 0.0335. The summed E-state index contributed by atoms with van der Waals surface area (Å²) in [6.45, 7) is 0.401. The Bertz CT molecular complexity index is 383. The molecule has 0 fully saturated rings. The van der Waals surface area contributed by atoms with Crippen molar-refractivity contribution >= 4 is 17.0 Å². The van der Waals surface area contributed by atoms with Crippen LogP contribution in [0.4, 0.5) is 0 Å². The number of carbonyl (C=O) groups is 1. The van der Waals surface area contributed by atoms with E-state index in [0.29, 0.717) is 25.7 Å². The van der Waals surface area contributed by atoms with E-state index in [1.807, 2.05) is 14.1 Å². The van der Waals surface area contributed by atoms with Crippen LogP contribution in [0.1, 0.15) is 25.7 Å². The van der Waals surface area contributed by atoms with Crippen LogP contribution in [-0.4, -0.2) is 65.8 Å². The van der Waals surface area contributed by atoms with Gasteiger partial charge in [0, 0.05) is 27.3 Å². The highest BCUT2D eigenvalue weighted by atomic mass is 32.2. The second-order valence-electron chi connectivity index (χ2n) is 4.89. The van der Waals surface area contributed by atoms with Gasteiger partial charge in [-0.05, 0) is 44.0 Å². The number of ether oxygens (including phenoxy) is 1. The molecule has 8 heteroatoms. The van der Waals surface area contributed by atoms with Gasteiger partial charge >= 0.3 is 5.97 Å². The van der Waals surface area contributed by atoms with Gasteiger partial charge in [-0.15, -0.1) is 0 Å². The largest absolute Gasteiger partial charge is 0.462 e. The maximum atomic E-state index is 12.1. The summed E-state index contributed by atoms with van der Waals surface area (Å²) in [4.78, 5) is 13.7. The molecule has 0 aliphatic carbocycles. The number of hydrogen-bond acceptors (Lipinski definition) is 7. The lowest BCUT2D eigenvalue weighted by Crippen LogP contribution is -2.15. The lowest BCUT2D eigenvalue weighted by molar-refractivity contribution is -0.138. The summed E-state index contributed by atoms with van der Waals surface area (Å²) in [6.07, 6.45) is 6.84. The molecule has 0 saturated heterocycles. The SMILES string of the molecule is CN(C)C=CC=C(C(=O)OCCCCO)S(=O)OCCCCO. The van der Waals surface area contributed by atoms with Crippen LogP contribution >= 0.6 is 0 Å². The second kappa shape index (κ2) is 14.4. The molecular weight excluding hydrogens is 322 g/mol. The van der Waals surface area contributed by atoms with Crippen LogP contribution in [0.2, 0.25) is 0 Å². The molecule has 1 unspecified atom stereocenters. The molecule has 0 radical (unpaired) electrons. The standard InChI is InChI=1S/C15H27NO6S/c1-16(2)9-7-8-14(15(19)21-12-5-3-10-17)23(20)22-13-6-4-11-18/h7-9,17-18H,3-6,10-13H2,1-2H3. The Balaban J connectivity index is 4.66. The normalized spacial score (nSPS) is 13.3. The van der Waals surface area contributed by atoms with Crippen molar-refractivity contribution in [3.8, 4) is 0 Å². The Hall–Kier alpha value is -1.22. The van der Waals surface area contributed by atoms with Gasteiger partial charge in [0.2, 0.25) is 0 Å². The van der Waals surface area contributed by atoms with Crippen molar-refractivity contribution in [2.75, 3.05) is 40.5 Å². The van der Waals surface area contributed by atoms with Gasteiger partial charge < -0.3 is 19.8 Å². The predicted molar refractivity (Wildman–Crippen MR) is 88.6 cm³/mol. The van der Waals surface area contributed by atoms with Crippen molar-refractivity contribution in [3.05, 3.63) is 23.3 Å². The first-order valence-electron chi connectivity index (χ1n) is 7.51. The first-order chi connectivity index (χ1) is 11.0. The Labute approximate surface area is 140 Å². The molecule has 2 N–H and O–H groups in total. The lowest BCUT2D eigenvalue weighted by Gasteiger charge is -2.08. The molecule has 0 heterocycles. The summed E-state index contributed by atoms with van der Waals surface area (Å²) in [5, 5.41) is 17.4. The first kappa shape index (κ1) is 21.8. The fraction of sp³-hybridized carbons (Fsp3) is 0.667. The number of rotatable bonds is 13. The van der Waals surface area contributed by atoms with E-state index < -0.39 is 17.0 Å². The van der Waals surface area contributed by atoms with E-state index >= 15 is 0 Å². The van der Waals surface area contributed by atoms with Gasteiger partial charge in [-0.1, -0.05) is 0 Å². The van der Waals surface area contributed by atoms with Crippen LogP contribution in [0.15, 0.2) is 23.3 Å². The van der Waals surface area contributed by atoms with E-state index in [-0.39, 0.29) is 31.3 Å². The third-order valence-electron chi connectivity index (χ3n) is 2.54. The zero-order valence-electron chi connectivity index (χ0n) is 13.8. The van der Waals surface area contributed by atoms with E-state index in [9.17, 15) is 9.00 Å². The quantitative estimate of drug-likeness (QED) is 0.219. The number of carbonyl (C=O) groups excluding carboxylic acids is 1. The highest BCUT2D eigenvalue weighted by molar-refractivity contribution is 7.85. The Morgan fingerprint density at radius 2 is 1.70 bits per heavy atom. The van der Waals surface area contributed by atoms with E-state index in [4.69, 9.17) is 19.1 Å². The number of esters is 1. The van der Waals surface area contributed by atoms with Crippen molar-refractivity contribution in [1.82, 2.24) is 4.90 Å². The van der Waals surface area contributed by atoms with Gasteiger partial charge in [0.05, 0.1) is 13.2 Å². The molecule has 0 amide bonds. The first-order valence-corrected chi connectivity index (χ1v) is 8.59. The van der Waals surface area contributed by atoms with Crippen LogP contribution in [-0.2, 0) is 24.8 Å². The molecule has 0 aliphatic heterocycles. The van der Waals surface area contributed by atoms with Gasteiger partial charge in [0.15, 0.2) is 16.0 Å². The van der Waals surface area contributed by atoms with Gasteiger partial charge in [0.1, 0.15) is 0 Å². The molecule has 7 nitrogen and oxygen atoms in total. The predicted octanol–water partition coefficient (Wildman–Crippen LogP) is 0.714. The number of hydrogen-bond donors (Lipinski definition) is 2. The van der Waals surface area contributed by atoms with Crippen LogP contribution < -0.4 is 0 Å². The summed E-state index contributed by atoms with van der Waals surface area (Å²) in [5.41, 5.74) is 0. The fourth-order valence-electron chi connectivity index (χ4n) is 1.36. The summed E-state index contributed by atoms with van der Waals surface area (Å²) < 4.78 is 22.2. The Kier molecular flexibility index (Phi) is 13.6. The molecule has 0 saturated carbocycles. The Morgan fingerprint density at radius 1 is 1.09 bits per heavy atom. The van der Waals surface area contributed by atoms with Crippen LogP contribution in [0.5, 0.6) is 0 Å². The molecule has 1 atom stereocenters. The summed E-state index contributed by atoms with van der Waals surface area (Å²) in [6, 6.07) is 0. The summed E-state index contributed by atoms with van der Waals surface area (Å²) in [7, 11) is 3.64. The number of aliphatic hydroxyl groups is 2. The highest BCUT2D eigenvalue weighted by Crippen LogP contribution is 2.09. The molecule has 0 aromatic rings. The smallest absolute Gasteiger partial charge is 0.349 e. The maximum absolute atomic E-state index is 12.1. The topological polar surface area (TPSA) is 96.3 Å². The monoisotopic (exact) mass is 349 g/mol. The van der Waals surface area contributed by atoms with Gasteiger partial charge in [-0.2, -0.15) is 0 Å². The van der Waals surface area contributed by atoms with Crippen molar-refractivity contribution in [3.63, 3.8) is 0 Å². The van der Waals surface area contributed by atoms with E-state index in [0.717, 1.165) is 0 Å². The summed E-state index contributed by atoms with van der Waals surface area (Å²) in [5.74, 6) is -0.702. The lowest BCUT2D eigenvalue weighted by atomic mass is 10.3. The van der Waals surface area contributed by atoms with Crippen molar-refractivity contribution in [1.29, 1.82) is 0 Å². The van der Waals surface area contributed by atoms with Crippen LogP contribution in [0.25, 0.3) is 0 Å². The summed E-state index contributed by atoms with van der Waals surface area (Å²) >= 11 is -1.93. The molecule has 0 rings (SSSR count). The van der Waals surface area contributed by atoms with Crippen LogP contribution in [0.3, 0.4) is 0 Å². The average molecular weight is 349 g/mol. The molecule has 23 heavy (non-hydrogen) atoms. The molecular formula is C15H27NO6S. The minimum atomic E-state index is -1.93. The number of aliphatic hydroxyl groups excluding tert-OH is 2. The third kappa shape index (κ3) is 11.9. The molecule has 0 bridgehead atoms.